The van der Waals surface area contributed by atoms with E-state index in [4.69, 9.17) is 4.74 Å². The molecule has 0 bridgehead atoms. The third-order valence-corrected chi connectivity index (χ3v) is 3.05. The minimum Gasteiger partial charge on any atom is -0.375 e. The van der Waals surface area contributed by atoms with E-state index in [1.165, 1.54) is 0 Å². The van der Waals surface area contributed by atoms with Crippen LogP contribution in [0.2, 0.25) is 0 Å². The molecule has 0 spiro atoms. The summed E-state index contributed by atoms with van der Waals surface area (Å²) in [7, 11) is 0. The zero-order chi connectivity index (χ0) is 17.4. The molecule has 0 fully saturated rings. The fourth-order valence-corrected chi connectivity index (χ4v) is 1.91. The molecule has 2 heterocycles. The van der Waals surface area contributed by atoms with Crippen molar-refractivity contribution >= 4 is 17.8 Å². The highest BCUT2D eigenvalue weighted by atomic mass is 16.5. The first-order valence-electron chi connectivity index (χ1n) is 7.82. The average Bonchev–Trinajstić information content (AvgIpc) is 2.55. The van der Waals surface area contributed by atoms with Gasteiger partial charge in [-0.25, -0.2) is 0 Å². The van der Waals surface area contributed by atoms with Crippen molar-refractivity contribution in [2.75, 3.05) is 17.2 Å². The molecule has 2 rings (SSSR count). The van der Waals surface area contributed by atoms with Gasteiger partial charge < -0.3 is 10.1 Å². The maximum absolute atomic E-state index is 11.4. The Kier molecular flexibility index (Phi) is 6.56. The molecule has 2 aromatic heterocycles. The summed E-state index contributed by atoms with van der Waals surface area (Å²) < 4.78 is 5.65. The molecular weight excluding hydrogens is 308 g/mol. The van der Waals surface area contributed by atoms with E-state index < -0.39 is 0 Å². The first kappa shape index (κ1) is 17.7. The third kappa shape index (κ3) is 5.88. The molecule has 1 atom stereocenters. The largest absolute Gasteiger partial charge is 0.375 e. The predicted molar refractivity (Wildman–Crippen MR) is 90.5 cm³/mol. The summed E-state index contributed by atoms with van der Waals surface area (Å²) in [6.45, 7) is 6.46. The number of carbonyl (C=O) groups is 1. The van der Waals surface area contributed by atoms with Gasteiger partial charge in [0.15, 0.2) is 0 Å². The van der Waals surface area contributed by atoms with E-state index in [0.717, 1.165) is 5.56 Å². The fraction of sp³-hybridized carbons (Fsp3) is 0.438. The number of rotatable bonds is 8. The van der Waals surface area contributed by atoms with E-state index in [2.05, 4.69) is 30.6 Å². The molecule has 24 heavy (non-hydrogen) atoms. The number of nitrogens with one attached hydrogen (secondary N) is 2. The smallest absolute Gasteiger partial charge is 0.234 e. The van der Waals surface area contributed by atoms with Gasteiger partial charge in [-0.05, 0) is 25.5 Å². The van der Waals surface area contributed by atoms with Gasteiger partial charge in [0.1, 0.15) is 5.82 Å². The third-order valence-electron chi connectivity index (χ3n) is 3.05. The standard InChI is InChI=1S/C16H22N6O2/c1-4-14(23)21-16-20-12(3)19-15(22-16)18-11(2)9-24-10-13-6-5-7-17-8-13/h5-8,11H,4,9-10H2,1-3H3,(H2,18,19,20,21,22,23). The van der Waals surface area contributed by atoms with Crippen molar-refractivity contribution in [3.63, 3.8) is 0 Å². The summed E-state index contributed by atoms with van der Waals surface area (Å²) in [5, 5.41) is 5.78. The van der Waals surface area contributed by atoms with Crippen LogP contribution >= 0.6 is 0 Å². The highest BCUT2D eigenvalue weighted by molar-refractivity contribution is 5.88. The normalized spacial score (nSPS) is 11.8. The Morgan fingerprint density at radius 2 is 2.08 bits per heavy atom. The number of anilines is 2. The topological polar surface area (TPSA) is 102 Å². The van der Waals surface area contributed by atoms with Crippen molar-refractivity contribution in [1.29, 1.82) is 0 Å². The molecule has 0 saturated carbocycles. The zero-order valence-corrected chi connectivity index (χ0v) is 14.1. The van der Waals surface area contributed by atoms with Crippen LogP contribution in [0, 0.1) is 6.92 Å². The minimum absolute atomic E-state index is 0.00167. The highest BCUT2D eigenvalue weighted by Gasteiger charge is 2.09. The van der Waals surface area contributed by atoms with Gasteiger partial charge in [0.2, 0.25) is 17.8 Å². The van der Waals surface area contributed by atoms with Crippen LogP contribution < -0.4 is 10.6 Å². The number of ether oxygens (including phenoxy) is 1. The number of hydrogen-bond acceptors (Lipinski definition) is 7. The monoisotopic (exact) mass is 330 g/mol. The molecule has 0 saturated heterocycles. The van der Waals surface area contributed by atoms with Crippen molar-refractivity contribution in [3.05, 3.63) is 35.9 Å². The van der Waals surface area contributed by atoms with E-state index >= 15 is 0 Å². The molecule has 2 aromatic rings. The van der Waals surface area contributed by atoms with Gasteiger partial charge in [-0.1, -0.05) is 13.0 Å². The minimum atomic E-state index is -0.139. The SMILES string of the molecule is CCC(=O)Nc1nc(C)nc(NC(C)COCc2cccnc2)n1. The van der Waals surface area contributed by atoms with Crippen LogP contribution in [0.4, 0.5) is 11.9 Å². The van der Waals surface area contributed by atoms with Crippen molar-refractivity contribution < 1.29 is 9.53 Å². The molecule has 0 aromatic carbocycles. The second-order valence-electron chi connectivity index (χ2n) is 5.35. The van der Waals surface area contributed by atoms with Crippen LogP contribution in [0.15, 0.2) is 24.5 Å². The second-order valence-corrected chi connectivity index (χ2v) is 5.35. The van der Waals surface area contributed by atoms with E-state index in [0.29, 0.717) is 31.4 Å². The van der Waals surface area contributed by atoms with Gasteiger partial charge >= 0.3 is 0 Å². The molecule has 2 N–H and O–H groups in total. The lowest BCUT2D eigenvalue weighted by Crippen LogP contribution is -2.24. The van der Waals surface area contributed by atoms with Crippen LogP contribution in [-0.4, -0.2) is 38.5 Å². The van der Waals surface area contributed by atoms with E-state index in [9.17, 15) is 4.79 Å². The molecule has 8 nitrogen and oxygen atoms in total. The summed E-state index contributed by atoms with van der Waals surface area (Å²) in [6.07, 6.45) is 3.87. The lowest BCUT2D eigenvalue weighted by atomic mass is 10.3. The number of carbonyl (C=O) groups excluding carboxylic acids is 1. The summed E-state index contributed by atoms with van der Waals surface area (Å²) >= 11 is 0. The second kappa shape index (κ2) is 8.88. The van der Waals surface area contributed by atoms with Gasteiger partial charge in [0.25, 0.3) is 0 Å². The van der Waals surface area contributed by atoms with Gasteiger partial charge in [-0.3, -0.25) is 15.1 Å². The number of aromatic nitrogens is 4. The quantitative estimate of drug-likeness (QED) is 0.762. The maximum Gasteiger partial charge on any atom is 0.234 e. The summed E-state index contributed by atoms with van der Waals surface area (Å²) in [5.41, 5.74) is 1.02. The Hall–Kier alpha value is -2.61. The fourth-order valence-electron chi connectivity index (χ4n) is 1.91. The Bertz CT molecular complexity index is 665. The van der Waals surface area contributed by atoms with Gasteiger partial charge in [-0.2, -0.15) is 15.0 Å². The first-order valence-corrected chi connectivity index (χ1v) is 7.82. The van der Waals surface area contributed by atoms with Gasteiger partial charge in [0.05, 0.1) is 13.2 Å². The maximum atomic E-state index is 11.4. The zero-order valence-electron chi connectivity index (χ0n) is 14.1. The molecular formula is C16H22N6O2. The molecule has 1 unspecified atom stereocenters. The Morgan fingerprint density at radius 1 is 1.29 bits per heavy atom. The molecule has 128 valence electrons. The van der Waals surface area contributed by atoms with E-state index in [1.807, 2.05) is 19.1 Å². The molecule has 0 radical (unpaired) electrons. The van der Waals surface area contributed by atoms with Gasteiger partial charge in [0, 0.05) is 24.9 Å². The highest BCUT2D eigenvalue weighted by Crippen LogP contribution is 2.07. The summed E-state index contributed by atoms with van der Waals surface area (Å²) in [4.78, 5) is 28.0. The molecule has 0 aliphatic heterocycles. The number of aryl methyl sites for hydroxylation is 1. The van der Waals surface area contributed by atoms with Crippen molar-refractivity contribution in [2.24, 2.45) is 0 Å². The molecule has 0 aliphatic carbocycles. The lowest BCUT2D eigenvalue weighted by Gasteiger charge is -2.15. The van der Waals surface area contributed by atoms with E-state index in [-0.39, 0.29) is 17.9 Å². The van der Waals surface area contributed by atoms with Crippen LogP contribution in [-0.2, 0) is 16.1 Å². The summed E-state index contributed by atoms with van der Waals surface area (Å²) in [6, 6.07) is 3.83. The van der Waals surface area contributed by atoms with Crippen LogP contribution in [0.5, 0.6) is 0 Å². The van der Waals surface area contributed by atoms with Gasteiger partial charge in [-0.15, -0.1) is 0 Å². The summed E-state index contributed by atoms with van der Waals surface area (Å²) in [5.74, 6) is 1.05. The lowest BCUT2D eigenvalue weighted by molar-refractivity contribution is -0.115. The van der Waals surface area contributed by atoms with Crippen LogP contribution in [0.25, 0.3) is 0 Å². The van der Waals surface area contributed by atoms with E-state index in [1.54, 1.807) is 26.2 Å². The van der Waals surface area contributed by atoms with Crippen LogP contribution in [0.1, 0.15) is 31.7 Å². The Morgan fingerprint density at radius 3 is 2.79 bits per heavy atom. The molecule has 0 aliphatic rings. The number of amides is 1. The van der Waals surface area contributed by atoms with Crippen molar-refractivity contribution in [3.8, 4) is 0 Å². The first-order chi connectivity index (χ1) is 11.6. The predicted octanol–water partition coefficient (Wildman–Crippen LogP) is 1.94. The van der Waals surface area contributed by atoms with Crippen molar-refractivity contribution in [1.82, 2.24) is 19.9 Å². The molecule has 8 heteroatoms. The Labute approximate surface area is 141 Å². The van der Waals surface area contributed by atoms with Crippen LogP contribution in [0.3, 0.4) is 0 Å². The number of pyridine rings is 1. The molecule has 1 amide bonds. The number of hydrogen-bond donors (Lipinski definition) is 2. The Balaban J connectivity index is 1.86. The number of nitrogens with zero attached hydrogens (tertiary/aromatic N) is 4. The average molecular weight is 330 g/mol. The van der Waals surface area contributed by atoms with Crippen molar-refractivity contribution in [2.45, 2.75) is 39.8 Å².